The Hall–Kier alpha value is -5.44. The van der Waals surface area contributed by atoms with E-state index in [2.05, 4.69) is 161 Å². The fraction of sp³-hybridized carbons (Fsp3) is 0.231. The molecule has 1 unspecified atom stereocenters. The quantitative estimate of drug-likeness (QED) is 0.170. The molecule has 2 aliphatic heterocycles. The van der Waals surface area contributed by atoms with E-state index in [9.17, 15) is 0 Å². The third-order valence-electron chi connectivity index (χ3n) is 12.3. The molecule has 0 radical (unpaired) electrons. The van der Waals surface area contributed by atoms with E-state index in [4.69, 9.17) is 0 Å². The molecular formula is C52H48N2. The molecule has 2 heteroatoms. The lowest BCUT2D eigenvalue weighted by Gasteiger charge is -2.34. The lowest BCUT2D eigenvalue weighted by Crippen LogP contribution is -2.43. The zero-order valence-corrected chi connectivity index (χ0v) is 31.2. The highest BCUT2D eigenvalue weighted by molar-refractivity contribution is 6.08. The van der Waals surface area contributed by atoms with Crippen LogP contribution >= 0.6 is 0 Å². The first-order valence-electron chi connectivity index (χ1n) is 20.3. The second-order valence-electron chi connectivity index (χ2n) is 15.7. The monoisotopic (exact) mass is 700 g/mol. The van der Waals surface area contributed by atoms with Crippen molar-refractivity contribution in [3.63, 3.8) is 0 Å². The van der Waals surface area contributed by atoms with Gasteiger partial charge in [-0.3, -0.25) is 4.90 Å². The largest absolute Gasteiger partial charge is 0.372 e. The standard InChI is InChI=1S/C52H48N2/c1-5-15-37(16-6-1)42-32-43(38-17-7-2-8-18-38)34-44(33-42)52-48-26-24-45(53-27-11-3-12-28-53)35-49(48)51(41-22-21-39-19-9-10-20-40(39)31-41)47-25-23-46(36-50(47)52)54-29-13-4-14-30-54/h1-2,5-10,15-22,24-26,31-36,46H,3-4,11-14,23,27-30H2. The first kappa shape index (κ1) is 33.2. The molecule has 54 heavy (non-hydrogen) atoms. The zero-order chi connectivity index (χ0) is 35.8. The van der Waals surface area contributed by atoms with E-state index in [0.717, 1.165) is 19.5 Å². The molecule has 0 bridgehead atoms. The van der Waals surface area contributed by atoms with E-state index < -0.39 is 0 Å². The number of hydrogen-bond acceptors (Lipinski definition) is 2. The van der Waals surface area contributed by atoms with Crippen molar-refractivity contribution in [3.05, 3.63) is 150 Å². The fourth-order valence-corrected chi connectivity index (χ4v) is 9.59. The maximum atomic E-state index is 2.75. The molecule has 10 rings (SSSR count). The summed E-state index contributed by atoms with van der Waals surface area (Å²) in [6.07, 6.45) is 14.1. The lowest BCUT2D eigenvalue weighted by atomic mass is 9.83. The van der Waals surface area contributed by atoms with Crippen LogP contribution in [-0.2, 0) is 0 Å². The van der Waals surface area contributed by atoms with Crippen molar-refractivity contribution >= 4 is 39.4 Å². The molecule has 0 N–H and O–H groups in total. The van der Waals surface area contributed by atoms with Gasteiger partial charge in [0.1, 0.15) is 0 Å². The van der Waals surface area contributed by atoms with Crippen molar-refractivity contribution in [2.45, 2.75) is 51.0 Å². The van der Waals surface area contributed by atoms with Gasteiger partial charge in [-0.25, -0.2) is 0 Å². The first-order valence-corrected chi connectivity index (χ1v) is 20.3. The summed E-state index contributed by atoms with van der Waals surface area (Å²) in [5.41, 5.74) is 11.7. The summed E-state index contributed by atoms with van der Waals surface area (Å²) < 4.78 is 0. The number of rotatable bonds is 6. The lowest BCUT2D eigenvalue weighted by molar-refractivity contribution is 0.201. The third-order valence-corrected chi connectivity index (χ3v) is 12.3. The van der Waals surface area contributed by atoms with E-state index >= 15 is 0 Å². The molecule has 0 aromatic heterocycles. The Kier molecular flexibility index (Phi) is 8.85. The molecule has 0 spiro atoms. The Balaban J connectivity index is 1.30. The zero-order valence-electron chi connectivity index (χ0n) is 31.2. The first-order chi connectivity index (χ1) is 26.8. The minimum Gasteiger partial charge on any atom is -0.372 e. The van der Waals surface area contributed by atoms with Gasteiger partial charge in [0, 0.05) is 24.8 Å². The topological polar surface area (TPSA) is 6.48 Å². The average molecular weight is 701 g/mol. The highest BCUT2D eigenvalue weighted by Crippen LogP contribution is 2.39. The van der Waals surface area contributed by atoms with Gasteiger partial charge in [0.25, 0.3) is 0 Å². The molecule has 1 aliphatic carbocycles. The van der Waals surface area contributed by atoms with Crippen molar-refractivity contribution < 1.29 is 0 Å². The minimum atomic E-state index is 0.400. The van der Waals surface area contributed by atoms with Gasteiger partial charge in [0.15, 0.2) is 0 Å². The van der Waals surface area contributed by atoms with Crippen LogP contribution in [0.1, 0.15) is 44.9 Å². The maximum absolute atomic E-state index is 2.75. The summed E-state index contributed by atoms with van der Waals surface area (Å²) in [5, 5.41) is 8.06. The molecule has 2 nitrogen and oxygen atoms in total. The predicted octanol–water partition coefficient (Wildman–Crippen LogP) is 11.5. The number of nitrogens with zero attached hydrogens (tertiary/aromatic N) is 2. The molecule has 3 aliphatic rings. The van der Waals surface area contributed by atoms with E-state index in [-0.39, 0.29) is 0 Å². The Bertz CT molecular complexity index is 2540. The summed E-state index contributed by atoms with van der Waals surface area (Å²) in [7, 11) is 0. The SMILES string of the molecule is C1=c2c(-c3cc(-c4ccccc4)cc(-c4ccccc4)c3)c3ccc(N4CCCCC4)cc3c(-c3ccc4ccccc4c3)c2=CCC1N1CCCCC1. The third kappa shape index (κ3) is 6.23. The average Bonchev–Trinajstić information content (AvgIpc) is 3.26. The second-order valence-corrected chi connectivity index (χ2v) is 15.7. The van der Waals surface area contributed by atoms with Crippen molar-refractivity contribution in [2.24, 2.45) is 0 Å². The van der Waals surface area contributed by atoms with Gasteiger partial charge in [0.2, 0.25) is 0 Å². The van der Waals surface area contributed by atoms with Gasteiger partial charge in [-0.1, -0.05) is 122 Å². The fourth-order valence-electron chi connectivity index (χ4n) is 9.59. The molecule has 1 atom stereocenters. The summed E-state index contributed by atoms with van der Waals surface area (Å²) in [6.45, 7) is 4.63. The molecule has 266 valence electrons. The molecule has 0 amide bonds. The maximum Gasteiger partial charge on any atom is 0.0372 e. The number of fused-ring (bicyclic) bond motifs is 3. The van der Waals surface area contributed by atoms with Crippen LogP contribution in [0.15, 0.2) is 140 Å². The molecule has 0 saturated carbocycles. The highest BCUT2D eigenvalue weighted by Gasteiger charge is 2.24. The highest BCUT2D eigenvalue weighted by atomic mass is 15.2. The molecular weight excluding hydrogens is 653 g/mol. The molecule has 2 saturated heterocycles. The second kappa shape index (κ2) is 14.4. The van der Waals surface area contributed by atoms with E-state index in [1.165, 1.54) is 134 Å². The van der Waals surface area contributed by atoms with E-state index in [0.29, 0.717) is 6.04 Å². The molecule has 2 heterocycles. The number of hydrogen-bond donors (Lipinski definition) is 0. The van der Waals surface area contributed by atoms with Gasteiger partial charge in [-0.15, -0.1) is 0 Å². The van der Waals surface area contributed by atoms with Gasteiger partial charge in [0.05, 0.1) is 0 Å². The molecule has 7 aromatic rings. The van der Waals surface area contributed by atoms with Gasteiger partial charge in [-0.2, -0.15) is 0 Å². The van der Waals surface area contributed by atoms with Crippen molar-refractivity contribution in [1.82, 2.24) is 4.90 Å². The smallest absolute Gasteiger partial charge is 0.0372 e. The van der Waals surface area contributed by atoms with Crippen molar-refractivity contribution in [1.29, 1.82) is 0 Å². The minimum absolute atomic E-state index is 0.400. The van der Waals surface area contributed by atoms with Crippen molar-refractivity contribution in [2.75, 3.05) is 31.1 Å². The normalized spacial score (nSPS) is 17.6. The van der Waals surface area contributed by atoms with Crippen LogP contribution in [-0.4, -0.2) is 37.1 Å². The number of benzene rings is 7. The van der Waals surface area contributed by atoms with Gasteiger partial charge >= 0.3 is 0 Å². The van der Waals surface area contributed by atoms with Crippen LogP contribution < -0.4 is 15.3 Å². The van der Waals surface area contributed by atoms with Crippen molar-refractivity contribution in [3.8, 4) is 44.5 Å². The van der Waals surface area contributed by atoms with Gasteiger partial charge < -0.3 is 4.90 Å². The number of piperidine rings is 2. The van der Waals surface area contributed by atoms with Crippen LogP contribution in [0, 0.1) is 0 Å². The Morgan fingerprint density at radius 3 is 1.72 bits per heavy atom. The van der Waals surface area contributed by atoms with Crippen LogP contribution in [0.4, 0.5) is 5.69 Å². The number of anilines is 1. The van der Waals surface area contributed by atoms with E-state index in [1.54, 1.807) is 0 Å². The van der Waals surface area contributed by atoms with Crippen LogP contribution in [0.2, 0.25) is 0 Å². The van der Waals surface area contributed by atoms with Gasteiger partial charge in [-0.05, 0) is 165 Å². The predicted molar refractivity (Wildman–Crippen MR) is 231 cm³/mol. The Labute approximate surface area is 319 Å². The summed E-state index contributed by atoms with van der Waals surface area (Å²) in [5.74, 6) is 0. The summed E-state index contributed by atoms with van der Waals surface area (Å²) in [4.78, 5) is 5.37. The van der Waals surface area contributed by atoms with Crippen LogP contribution in [0.3, 0.4) is 0 Å². The Morgan fingerprint density at radius 2 is 1.02 bits per heavy atom. The van der Waals surface area contributed by atoms with Crippen LogP contribution in [0.5, 0.6) is 0 Å². The van der Waals surface area contributed by atoms with E-state index in [1.807, 2.05) is 0 Å². The molecule has 2 fully saturated rings. The number of likely N-dealkylation sites (tertiary alicyclic amines) is 1. The van der Waals surface area contributed by atoms with Crippen LogP contribution in [0.25, 0.3) is 78.2 Å². The molecule has 7 aromatic carbocycles. The summed E-state index contributed by atoms with van der Waals surface area (Å²) >= 11 is 0. The Morgan fingerprint density at radius 1 is 0.407 bits per heavy atom. The summed E-state index contributed by atoms with van der Waals surface area (Å²) in [6, 6.07) is 53.0.